The summed E-state index contributed by atoms with van der Waals surface area (Å²) in [4.78, 5) is 0. The van der Waals surface area contributed by atoms with E-state index in [9.17, 15) is 0 Å². The molecule has 0 saturated heterocycles. The van der Waals surface area contributed by atoms with Gasteiger partial charge in [-0.25, -0.2) is 0 Å². The Morgan fingerprint density at radius 1 is 1.29 bits per heavy atom. The highest BCUT2D eigenvalue weighted by Crippen LogP contribution is 2.22. The summed E-state index contributed by atoms with van der Waals surface area (Å²) < 4.78 is 10.4. The van der Waals surface area contributed by atoms with Gasteiger partial charge in [-0.2, -0.15) is 0 Å². The summed E-state index contributed by atoms with van der Waals surface area (Å²) in [6.07, 6.45) is 0.822. The molecule has 0 amide bonds. The molecule has 0 aliphatic heterocycles. The van der Waals surface area contributed by atoms with Gasteiger partial charge in [0, 0.05) is 12.7 Å². The van der Waals surface area contributed by atoms with Crippen LogP contribution in [0.3, 0.4) is 0 Å². The fourth-order valence-electron chi connectivity index (χ4n) is 1.52. The van der Waals surface area contributed by atoms with Gasteiger partial charge in [0.1, 0.15) is 5.75 Å². The molecule has 0 spiro atoms. The quantitative estimate of drug-likeness (QED) is 0.771. The van der Waals surface area contributed by atoms with E-state index in [4.69, 9.17) is 15.2 Å². The van der Waals surface area contributed by atoms with Gasteiger partial charge < -0.3 is 15.2 Å². The molecule has 0 aromatic heterocycles. The van der Waals surface area contributed by atoms with Gasteiger partial charge in [-0.15, -0.1) is 0 Å². The molecule has 0 unspecified atom stereocenters. The summed E-state index contributed by atoms with van der Waals surface area (Å²) in [6.45, 7) is 1.23. The number of hydrogen-bond acceptors (Lipinski definition) is 3. The van der Waals surface area contributed by atoms with E-state index < -0.39 is 0 Å². The first-order valence-corrected chi connectivity index (χ1v) is 4.67. The van der Waals surface area contributed by atoms with Gasteiger partial charge >= 0.3 is 0 Å². The van der Waals surface area contributed by atoms with Crippen molar-refractivity contribution in [3.8, 4) is 5.75 Å². The van der Waals surface area contributed by atoms with Crippen LogP contribution in [0.15, 0.2) is 18.2 Å². The van der Waals surface area contributed by atoms with Crippen molar-refractivity contribution in [3.05, 3.63) is 29.3 Å². The summed E-state index contributed by atoms with van der Waals surface area (Å²) in [5.41, 5.74) is 7.86. The van der Waals surface area contributed by atoms with Crippen molar-refractivity contribution in [2.45, 2.75) is 13.0 Å². The molecule has 0 radical (unpaired) electrons. The minimum atomic E-state index is 0.604. The Hall–Kier alpha value is -1.06. The average Bonchev–Trinajstić information content (AvgIpc) is 2.21. The molecule has 2 N–H and O–H groups in total. The number of hydrogen-bond donors (Lipinski definition) is 1. The third kappa shape index (κ3) is 2.47. The monoisotopic (exact) mass is 195 g/mol. The van der Waals surface area contributed by atoms with E-state index in [2.05, 4.69) is 0 Å². The Labute approximate surface area is 84.8 Å². The summed E-state index contributed by atoms with van der Waals surface area (Å²) in [5.74, 6) is 0.894. The summed E-state index contributed by atoms with van der Waals surface area (Å²) in [6, 6.07) is 5.95. The standard InChI is InChI=1S/C11H17NO2/c1-13-8-9-4-3-5-11(14-2)10(9)6-7-12/h3-5H,6-8,12H2,1-2H3. The van der Waals surface area contributed by atoms with Gasteiger partial charge in [0.2, 0.25) is 0 Å². The maximum absolute atomic E-state index is 5.55. The summed E-state index contributed by atoms with van der Waals surface area (Å²) in [5, 5.41) is 0. The van der Waals surface area contributed by atoms with E-state index in [-0.39, 0.29) is 0 Å². The predicted octanol–water partition coefficient (Wildman–Crippen LogP) is 1.34. The fraction of sp³-hybridized carbons (Fsp3) is 0.455. The average molecular weight is 195 g/mol. The van der Waals surface area contributed by atoms with Crippen molar-refractivity contribution in [1.82, 2.24) is 0 Å². The molecule has 3 heteroatoms. The van der Waals surface area contributed by atoms with Gasteiger partial charge in [0.25, 0.3) is 0 Å². The zero-order valence-corrected chi connectivity index (χ0v) is 8.75. The van der Waals surface area contributed by atoms with Crippen molar-refractivity contribution >= 4 is 0 Å². The molecular weight excluding hydrogens is 178 g/mol. The second-order valence-corrected chi connectivity index (χ2v) is 3.07. The number of benzene rings is 1. The van der Waals surface area contributed by atoms with Gasteiger partial charge in [0.15, 0.2) is 0 Å². The van der Waals surface area contributed by atoms with Gasteiger partial charge in [0.05, 0.1) is 13.7 Å². The molecule has 0 fully saturated rings. The summed E-state index contributed by atoms with van der Waals surface area (Å²) >= 11 is 0. The van der Waals surface area contributed by atoms with Crippen LogP contribution in [0.2, 0.25) is 0 Å². The molecule has 3 nitrogen and oxygen atoms in total. The van der Waals surface area contributed by atoms with Crippen LogP contribution in [0.25, 0.3) is 0 Å². The van der Waals surface area contributed by atoms with E-state index in [0.29, 0.717) is 13.2 Å². The first-order valence-electron chi connectivity index (χ1n) is 4.67. The van der Waals surface area contributed by atoms with Crippen molar-refractivity contribution < 1.29 is 9.47 Å². The molecule has 0 saturated carbocycles. The highest BCUT2D eigenvalue weighted by Gasteiger charge is 2.07. The maximum Gasteiger partial charge on any atom is 0.122 e. The SMILES string of the molecule is COCc1cccc(OC)c1CCN. The van der Waals surface area contributed by atoms with Crippen LogP contribution in [-0.2, 0) is 17.8 Å². The van der Waals surface area contributed by atoms with Crippen molar-refractivity contribution in [3.63, 3.8) is 0 Å². The van der Waals surface area contributed by atoms with Crippen molar-refractivity contribution in [1.29, 1.82) is 0 Å². The molecule has 0 heterocycles. The molecule has 1 rings (SSSR count). The van der Waals surface area contributed by atoms with Crippen LogP contribution in [0.4, 0.5) is 0 Å². The molecule has 0 bridgehead atoms. The predicted molar refractivity (Wildman–Crippen MR) is 56.5 cm³/mol. The molecule has 0 aliphatic rings. The number of nitrogens with two attached hydrogens (primary N) is 1. The lowest BCUT2D eigenvalue weighted by Crippen LogP contribution is -2.07. The Bertz CT molecular complexity index is 287. The minimum Gasteiger partial charge on any atom is -0.496 e. The second-order valence-electron chi connectivity index (χ2n) is 3.07. The fourth-order valence-corrected chi connectivity index (χ4v) is 1.52. The Kier molecular flexibility index (Phi) is 4.43. The number of rotatable bonds is 5. The largest absolute Gasteiger partial charge is 0.496 e. The molecule has 1 aromatic carbocycles. The molecule has 14 heavy (non-hydrogen) atoms. The van der Waals surface area contributed by atoms with E-state index >= 15 is 0 Å². The maximum atomic E-state index is 5.55. The minimum absolute atomic E-state index is 0.604. The Morgan fingerprint density at radius 3 is 2.64 bits per heavy atom. The molecular formula is C11H17NO2. The van der Waals surface area contributed by atoms with Gasteiger partial charge in [-0.1, -0.05) is 12.1 Å². The molecule has 0 aliphatic carbocycles. The van der Waals surface area contributed by atoms with Crippen molar-refractivity contribution in [2.24, 2.45) is 5.73 Å². The number of methoxy groups -OCH3 is 2. The Balaban J connectivity index is 3.00. The molecule has 1 aromatic rings. The second kappa shape index (κ2) is 5.62. The first-order chi connectivity index (χ1) is 6.83. The zero-order chi connectivity index (χ0) is 10.4. The normalized spacial score (nSPS) is 10.2. The summed E-state index contributed by atoms with van der Waals surface area (Å²) in [7, 11) is 3.36. The molecule has 78 valence electrons. The Morgan fingerprint density at radius 2 is 2.07 bits per heavy atom. The lowest BCUT2D eigenvalue weighted by Gasteiger charge is -2.12. The van der Waals surface area contributed by atoms with Crippen LogP contribution < -0.4 is 10.5 Å². The highest BCUT2D eigenvalue weighted by atomic mass is 16.5. The third-order valence-corrected chi connectivity index (χ3v) is 2.14. The highest BCUT2D eigenvalue weighted by molar-refractivity contribution is 5.40. The topological polar surface area (TPSA) is 44.5 Å². The van der Waals surface area contributed by atoms with Crippen LogP contribution in [0.5, 0.6) is 5.75 Å². The van der Waals surface area contributed by atoms with Gasteiger partial charge in [-0.3, -0.25) is 0 Å². The smallest absolute Gasteiger partial charge is 0.122 e. The van der Waals surface area contributed by atoms with Crippen LogP contribution in [0, 0.1) is 0 Å². The zero-order valence-electron chi connectivity index (χ0n) is 8.75. The van der Waals surface area contributed by atoms with Gasteiger partial charge in [-0.05, 0) is 24.6 Å². The lowest BCUT2D eigenvalue weighted by molar-refractivity contribution is 0.183. The molecule has 0 atom stereocenters. The van der Waals surface area contributed by atoms with E-state index in [1.54, 1.807) is 14.2 Å². The van der Waals surface area contributed by atoms with Crippen molar-refractivity contribution in [2.75, 3.05) is 20.8 Å². The lowest BCUT2D eigenvalue weighted by atomic mass is 10.0. The van der Waals surface area contributed by atoms with E-state index in [1.807, 2.05) is 18.2 Å². The first kappa shape index (κ1) is 11.0. The number of ether oxygens (including phenoxy) is 2. The third-order valence-electron chi connectivity index (χ3n) is 2.14. The van der Waals surface area contributed by atoms with Crippen LogP contribution in [0.1, 0.15) is 11.1 Å². The van der Waals surface area contributed by atoms with Crippen LogP contribution in [-0.4, -0.2) is 20.8 Å². The van der Waals surface area contributed by atoms with E-state index in [0.717, 1.165) is 23.3 Å². The van der Waals surface area contributed by atoms with Crippen LogP contribution >= 0.6 is 0 Å². The van der Waals surface area contributed by atoms with E-state index in [1.165, 1.54) is 0 Å².